The Balaban J connectivity index is 2.41. The molecule has 0 aliphatic heterocycles. The molecular formula is C7H13F2NOS. The van der Waals surface area contributed by atoms with Crippen LogP contribution in [-0.2, 0) is 11.0 Å². The minimum Gasteiger partial charge on any atom is -0.252 e. The van der Waals surface area contributed by atoms with Gasteiger partial charge in [0, 0.05) is 18.6 Å². The SMILES string of the molecule is NS(=O)CC1CCCC(F)(F)C1. The molecule has 0 spiro atoms. The zero-order valence-corrected chi connectivity index (χ0v) is 7.58. The molecule has 1 saturated carbocycles. The van der Waals surface area contributed by atoms with Crippen LogP contribution in [0.3, 0.4) is 0 Å². The second-order valence-electron chi connectivity index (χ2n) is 3.37. The van der Waals surface area contributed by atoms with Crippen molar-refractivity contribution in [2.45, 2.75) is 31.6 Å². The van der Waals surface area contributed by atoms with E-state index in [4.69, 9.17) is 5.14 Å². The van der Waals surface area contributed by atoms with E-state index < -0.39 is 16.9 Å². The van der Waals surface area contributed by atoms with Gasteiger partial charge in [0.15, 0.2) is 0 Å². The Bertz CT molecular complexity index is 186. The van der Waals surface area contributed by atoms with E-state index in [0.717, 1.165) is 6.42 Å². The van der Waals surface area contributed by atoms with E-state index >= 15 is 0 Å². The predicted octanol–water partition coefficient (Wildman–Crippen LogP) is 1.43. The Kier molecular flexibility index (Phi) is 3.17. The molecule has 1 aliphatic rings. The maximum absolute atomic E-state index is 12.8. The van der Waals surface area contributed by atoms with Crippen LogP contribution in [0, 0.1) is 5.92 Å². The summed E-state index contributed by atoms with van der Waals surface area (Å²) in [6.07, 6.45) is 1.09. The molecule has 0 saturated heterocycles. The van der Waals surface area contributed by atoms with Crippen LogP contribution in [0.5, 0.6) is 0 Å². The second-order valence-corrected chi connectivity index (χ2v) is 4.46. The van der Waals surface area contributed by atoms with Gasteiger partial charge in [-0.3, -0.25) is 5.14 Å². The quantitative estimate of drug-likeness (QED) is 0.715. The molecule has 2 nitrogen and oxygen atoms in total. The van der Waals surface area contributed by atoms with Crippen molar-refractivity contribution in [1.82, 2.24) is 0 Å². The molecule has 1 rings (SSSR count). The van der Waals surface area contributed by atoms with E-state index in [2.05, 4.69) is 0 Å². The third-order valence-electron chi connectivity index (χ3n) is 2.14. The highest BCUT2D eigenvalue weighted by Gasteiger charge is 2.36. The van der Waals surface area contributed by atoms with Gasteiger partial charge in [0.05, 0.1) is 11.0 Å². The van der Waals surface area contributed by atoms with Crippen molar-refractivity contribution in [3.8, 4) is 0 Å². The topological polar surface area (TPSA) is 43.1 Å². The van der Waals surface area contributed by atoms with Crippen molar-refractivity contribution in [1.29, 1.82) is 0 Å². The van der Waals surface area contributed by atoms with Gasteiger partial charge in [-0.1, -0.05) is 0 Å². The molecule has 1 fully saturated rings. The zero-order chi connectivity index (χ0) is 9.19. The summed E-state index contributed by atoms with van der Waals surface area (Å²) in [4.78, 5) is 0. The van der Waals surface area contributed by atoms with Gasteiger partial charge in [-0.05, 0) is 18.8 Å². The second kappa shape index (κ2) is 3.79. The maximum Gasteiger partial charge on any atom is 0.248 e. The highest BCUT2D eigenvalue weighted by Crippen LogP contribution is 2.36. The lowest BCUT2D eigenvalue weighted by atomic mass is 9.88. The molecule has 2 N–H and O–H groups in total. The van der Waals surface area contributed by atoms with Crippen molar-refractivity contribution in [2.75, 3.05) is 5.75 Å². The van der Waals surface area contributed by atoms with Gasteiger partial charge in [0.25, 0.3) is 0 Å². The van der Waals surface area contributed by atoms with Crippen LogP contribution in [-0.4, -0.2) is 15.9 Å². The Morgan fingerprint density at radius 2 is 2.25 bits per heavy atom. The Morgan fingerprint density at radius 1 is 1.58 bits per heavy atom. The third kappa shape index (κ3) is 3.15. The number of rotatable bonds is 2. The van der Waals surface area contributed by atoms with E-state index in [1.807, 2.05) is 0 Å². The van der Waals surface area contributed by atoms with Crippen molar-refractivity contribution >= 4 is 11.0 Å². The van der Waals surface area contributed by atoms with Crippen LogP contribution in [0.1, 0.15) is 25.7 Å². The molecular weight excluding hydrogens is 184 g/mol. The summed E-state index contributed by atoms with van der Waals surface area (Å²) in [5.74, 6) is -2.49. The standard InChI is InChI=1S/C7H13F2NOS/c8-7(9)3-1-2-6(4-7)5-12(10)11/h6H,1-5,10H2. The molecule has 0 radical (unpaired) electrons. The fourth-order valence-corrected chi connectivity index (χ4v) is 2.40. The number of halogens is 2. The van der Waals surface area contributed by atoms with Gasteiger partial charge in [-0.2, -0.15) is 0 Å². The highest BCUT2D eigenvalue weighted by atomic mass is 32.2. The van der Waals surface area contributed by atoms with E-state index in [9.17, 15) is 13.0 Å². The zero-order valence-electron chi connectivity index (χ0n) is 6.76. The number of hydrogen-bond acceptors (Lipinski definition) is 1. The molecule has 0 aromatic rings. The highest BCUT2D eigenvalue weighted by molar-refractivity contribution is 7.82. The lowest BCUT2D eigenvalue weighted by Crippen LogP contribution is -2.30. The lowest BCUT2D eigenvalue weighted by molar-refractivity contribution is -0.0488. The molecule has 0 heterocycles. The number of alkyl halides is 2. The fraction of sp³-hybridized carbons (Fsp3) is 1.00. The molecule has 0 aromatic heterocycles. The molecule has 5 heteroatoms. The average Bonchev–Trinajstić information content (AvgIpc) is 1.82. The lowest BCUT2D eigenvalue weighted by Gasteiger charge is -2.27. The van der Waals surface area contributed by atoms with Gasteiger partial charge in [0.2, 0.25) is 5.92 Å². The minimum atomic E-state index is -2.55. The first-order chi connectivity index (χ1) is 5.49. The molecule has 2 unspecified atom stereocenters. The van der Waals surface area contributed by atoms with Gasteiger partial charge in [0.1, 0.15) is 0 Å². The molecule has 1 aliphatic carbocycles. The van der Waals surface area contributed by atoms with Crippen molar-refractivity contribution in [3.05, 3.63) is 0 Å². The van der Waals surface area contributed by atoms with Crippen LogP contribution >= 0.6 is 0 Å². The fourth-order valence-electron chi connectivity index (χ4n) is 1.65. The smallest absolute Gasteiger partial charge is 0.248 e. The van der Waals surface area contributed by atoms with E-state index in [1.165, 1.54) is 0 Å². The summed E-state index contributed by atoms with van der Waals surface area (Å²) in [5.41, 5.74) is 0. The molecule has 2 atom stereocenters. The van der Waals surface area contributed by atoms with Crippen LogP contribution in [0.4, 0.5) is 8.78 Å². The number of hydrogen-bond donors (Lipinski definition) is 1. The van der Waals surface area contributed by atoms with Gasteiger partial charge in [-0.15, -0.1) is 0 Å². The first-order valence-corrected chi connectivity index (χ1v) is 5.38. The van der Waals surface area contributed by atoms with Gasteiger partial charge in [-0.25, -0.2) is 13.0 Å². The first kappa shape index (κ1) is 10.1. The number of nitrogens with two attached hydrogens (primary N) is 1. The van der Waals surface area contributed by atoms with E-state index in [0.29, 0.717) is 6.42 Å². The van der Waals surface area contributed by atoms with E-state index in [1.54, 1.807) is 0 Å². The Morgan fingerprint density at radius 3 is 2.75 bits per heavy atom. The van der Waals surface area contributed by atoms with Crippen molar-refractivity contribution in [2.24, 2.45) is 11.1 Å². The van der Waals surface area contributed by atoms with Gasteiger partial charge < -0.3 is 0 Å². The average molecular weight is 197 g/mol. The molecule has 0 amide bonds. The molecule has 12 heavy (non-hydrogen) atoms. The summed E-state index contributed by atoms with van der Waals surface area (Å²) in [6, 6.07) is 0. The monoisotopic (exact) mass is 197 g/mol. The summed E-state index contributed by atoms with van der Waals surface area (Å²) in [6.45, 7) is 0. The third-order valence-corrected chi connectivity index (χ3v) is 2.94. The van der Waals surface area contributed by atoms with E-state index in [-0.39, 0.29) is 24.5 Å². The molecule has 72 valence electrons. The van der Waals surface area contributed by atoms with Gasteiger partial charge >= 0.3 is 0 Å². The van der Waals surface area contributed by atoms with Crippen LogP contribution in [0.15, 0.2) is 0 Å². The Hall–Kier alpha value is -0.0300. The summed E-state index contributed by atoms with van der Waals surface area (Å²) in [5, 5.41) is 5.04. The van der Waals surface area contributed by atoms with Crippen molar-refractivity contribution in [3.63, 3.8) is 0 Å². The normalized spacial score (nSPS) is 31.4. The van der Waals surface area contributed by atoms with Crippen LogP contribution < -0.4 is 5.14 Å². The summed E-state index contributed by atoms with van der Waals surface area (Å²) >= 11 is 0. The maximum atomic E-state index is 12.8. The van der Waals surface area contributed by atoms with Crippen LogP contribution in [0.25, 0.3) is 0 Å². The largest absolute Gasteiger partial charge is 0.252 e. The summed E-state index contributed by atoms with van der Waals surface area (Å²) < 4.78 is 36.1. The molecule has 0 aromatic carbocycles. The predicted molar refractivity (Wildman–Crippen MR) is 44.1 cm³/mol. The Labute approximate surface area is 73.1 Å². The molecule has 0 bridgehead atoms. The van der Waals surface area contributed by atoms with Crippen LogP contribution in [0.2, 0.25) is 0 Å². The van der Waals surface area contributed by atoms with Crippen molar-refractivity contribution < 1.29 is 13.0 Å². The minimum absolute atomic E-state index is 0.0271. The summed E-state index contributed by atoms with van der Waals surface area (Å²) in [7, 11) is -1.43. The first-order valence-electron chi connectivity index (χ1n) is 4.00.